The zero-order valence-electron chi connectivity index (χ0n) is 30.4. The predicted octanol–water partition coefficient (Wildman–Crippen LogP) is 12.5. The van der Waals surface area contributed by atoms with E-state index < -0.39 is 0 Å². The third-order valence-electron chi connectivity index (χ3n) is 11.1. The van der Waals surface area contributed by atoms with Crippen molar-refractivity contribution in [2.75, 3.05) is 10.6 Å². The van der Waals surface area contributed by atoms with Crippen LogP contribution in [0.2, 0.25) is 0 Å². The molecule has 5 aromatic carbocycles. The van der Waals surface area contributed by atoms with Crippen molar-refractivity contribution in [1.29, 1.82) is 0 Å². The van der Waals surface area contributed by atoms with E-state index in [1.807, 2.05) is 0 Å². The molecular formula is C50H36N6. The largest absolute Gasteiger partial charge is 0.373 e. The van der Waals surface area contributed by atoms with Gasteiger partial charge in [-0.05, 0) is 70.8 Å². The lowest BCUT2D eigenvalue weighted by molar-refractivity contribution is 0.669. The van der Waals surface area contributed by atoms with Gasteiger partial charge in [-0.1, -0.05) is 133 Å². The summed E-state index contributed by atoms with van der Waals surface area (Å²) in [4.78, 5) is 19.0. The molecule has 0 spiro atoms. The lowest BCUT2D eigenvalue weighted by Crippen LogP contribution is -2.27. The van der Waals surface area contributed by atoms with Gasteiger partial charge in [-0.15, -0.1) is 0 Å². The molecule has 0 aliphatic carbocycles. The Kier molecular flexibility index (Phi) is 7.52. The summed E-state index contributed by atoms with van der Waals surface area (Å²) in [5.41, 5.74) is 18.3. The number of hydrogen-bond acceptors (Lipinski definition) is 4. The maximum absolute atomic E-state index is 5.76. The van der Waals surface area contributed by atoms with Gasteiger partial charge in [-0.2, -0.15) is 0 Å². The second-order valence-corrected chi connectivity index (χ2v) is 14.4. The number of hydrogen-bond donors (Lipinski definition) is 4. The Labute approximate surface area is 324 Å². The number of aromatic nitrogens is 4. The highest BCUT2D eigenvalue weighted by molar-refractivity contribution is 5.97. The van der Waals surface area contributed by atoms with Crippen molar-refractivity contribution >= 4 is 45.6 Å². The van der Waals surface area contributed by atoms with Crippen LogP contribution >= 0.6 is 0 Å². The lowest BCUT2D eigenvalue weighted by Gasteiger charge is -2.32. The molecule has 3 aliphatic rings. The fourth-order valence-electron chi connectivity index (χ4n) is 8.58. The molecular weight excluding hydrogens is 685 g/mol. The van der Waals surface area contributed by atoms with Gasteiger partial charge in [0, 0.05) is 44.3 Å². The van der Waals surface area contributed by atoms with E-state index in [9.17, 15) is 0 Å². The van der Waals surface area contributed by atoms with Crippen LogP contribution in [0.25, 0.3) is 78.7 Å². The Bertz CT molecular complexity index is 2770. The zero-order chi connectivity index (χ0) is 37.0. The maximum Gasteiger partial charge on any atom is 0.0953 e. The van der Waals surface area contributed by atoms with Gasteiger partial charge in [0.2, 0.25) is 0 Å². The van der Waals surface area contributed by atoms with E-state index in [-0.39, 0.29) is 12.1 Å². The van der Waals surface area contributed by atoms with Gasteiger partial charge in [0.15, 0.2) is 0 Å². The van der Waals surface area contributed by atoms with E-state index in [0.717, 1.165) is 101 Å². The average Bonchev–Trinajstić information content (AvgIpc) is 4.09. The molecule has 266 valence electrons. The number of nitrogens with zero attached hydrogens (tertiary/aromatic N) is 2. The molecule has 2 unspecified atom stereocenters. The Hall–Kier alpha value is -7.44. The second-order valence-electron chi connectivity index (χ2n) is 14.4. The molecule has 0 saturated carbocycles. The van der Waals surface area contributed by atoms with Gasteiger partial charge in [-0.25, -0.2) is 4.98 Å². The average molecular weight is 721 g/mol. The summed E-state index contributed by atoms with van der Waals surface area (Å²) in [6, 6.07) is 59.2. The monoisotopic (exact) mass is 720 g/mol. The van der Waals surface area contributed by atoms with Crippen molar-refractivity contribution in [3.63, 3.8) is 0 Å². The van der Waals surface area contributed by atoms with Crippen LogP contribution in [0.15, 0.2) is 170 Å². The minimum absolute atomic E-state index is 0.173. The van der Waals surface area contributed by atoms with Crippen molar-refractivity contribution in [2.45, 2.75) is 12.1 Å². The van der Waals surface area contributed by atoms with Crippen LogP contribution in [0.1, 0.15) is 34.9 Å². The highest BCUT2D eigenvalue weighted by Crippen LogP contribution is 2.50. The molecule has 0 saturated heterocycles. The molecule has 11 rings (SSSR count). The quantitative estimate of drug-likeness (QED) is 0.146. The summed E-state index contributed by atoms with van der Waals surface area (Å²) in [5.74, 6) is 0. The molecule has 3 aliphatic heterocycles. The number of anilines is 2. The molecule has 6 heteroatoms. The van der Waals surface area contributed by atoms with Gasteiger partial charge >= 0.3 is 0 Å². The Morgan fingerprint density at radius 3 is 1.02 bits per heavy atom. The fraction of sp³-hybridized carbons (Fsp3) is 0.0400. The van der Waals surface area contributed by atoms with Gasteiger partial charge in [0.1, 0.15) is 0 Å². The molecule has 8 bridgehead atoms. The summed E-state index contributed by atoms with van der Waals surface area (Å²) < 4.78 is 0. The van der Waals surface area contributed by atoms with Crippen LogP contribution in [0, 0.1) is 0 Å². The molecule has 0 radical (unpaired) electrons. The van der Waals surface area contributed by atoms with Crippen molar-refractivity contribution in [3.8, 4) is 44.5 Å². The molecule has 0 fully saturated rings. The number of aromatic amines is 2. The first-order chi connectivity index (χ1) is 27.8. The van der Waals surface area contributed by atoms with Gasteiger partial charge in [-0.3, -0.25) is 4.98 Å². The van der Waals surface area contributed by atoms with Crippen LogP contribution in [0.5, 0.6) is 0 Å². The van der Waals surface area contributed by atoms with E-state index in [1.54, 1.807) is 0 Å². The van der Waals surface area contributed by atoms with E-state index in [1.165, 1.54) is 0 Å². The van der Waals surface area contributed by atoms with Crippen LogP contribution in [-0.4, -0.2) is 19.9 Å². The number of para-hydroxylation sites is 2. The number of benzene rings is 5. The van der Waals surface area contributed by atoms with Crippen LogP contribution < -0.4 is 10.6 Å². The minimum atomic E-state index is -0.173. The first-order valence-corrected chi connectivity index (χ1v) is 19.1. The van der Waals surface area contributed by atoms with Gasteiger partial charge < -0.3 is 20.6 Å². The second kappa shape index (κ2) is 13.1. The SMILES string of the molecule is C1=Cc2nc1c(-c1ccccc1)c1ccc([nH]1)c(-c1ccccc1)c1nc(c(-c3ccccc3)c3ccc([nH]3)c2-c2ccccc2)C2Nc3ccccc3NC12. The van der Waals surface area contributed by atoms with Gasteiger partial charge in [0.05, 0.1) is 46.2 Å². The van der Waals surface area contributed by atoms with Crippen LogP contribution in [-0.2, 0) is 0 Å². The van der Waals surface area contributed by atoms with Crippen molar-refractivity contribution in [2.24, 2.45) is 0 Å². The molecule has 4 N–H and O–H groups in total. The number of rotatable bonds is 4. The molecule has 6 heterocycles. The smallest absolute Gasteiger partial charge is 0.0953 e. The van der Waals surface area contributed by atoms with E-state index in [2.05, 4.69) is 203 Å². The predicted molar refractivity (Wildman–Crippen MR) is 231 cm³/mol. The molecule has 8 aromatic rings. The van der Waals surface area contributed by atoms with Crippen LogP contribution in [0.3, 0.4) is 0 Å². The van der Waals surface area contributed by atoms with Crippen molar-refractivity contribution < 1.29 is 0 Å². The third-order valence-corrected chi connectivity index (χ3v) is 11.1. The summed E-state index contributed by atoms with van der Waals surface area (Å²) in [7, 11) is 0. The Balaban J connectivity index is 1.35. The first kappa shape index (κ1) is 32.0. The molecule has 3 aromatic heterocycles. The topological polar surface area (TPSA) is 81.4 Å². The molecule has 2 atom stereocenters. The number of nitrogens with one attached hydrogen (secondary N) is 4. The number of fused-ring (bicyclic) bond motifs is 12. The standard InChI is InChI=1S/C50H36N6/c1-5-15-31(16-6-1)43-37-25-26-38(51-37)44(32-17-7-2-8-18-32)40-28-30-42(53-40)46(34-21-11-4-12-22-34)48-50-49(54-35-23-13-14-24-36(35)55-50)47(56-48)45(33-19-9-3-10-20-33)41-29-27-39(43)52-41/h1-30,49-50,52-55H. The third kappa shape index (κ3) is 5.34. The highest BCUT2D eigenvalue weighted by Gasteiger charge is 2.40. The maximum atomic E-state index is 5.76. The molecule has 6 nitrogen and oxygen atoms in total. The van der Waals surface area contributed by atoms with Gasteiger partial charge in [0.25, 0.3) is 0 Å². The highest BCUT2D eigenvalue weighted by atomic mass is 15.1. The summed E-state index contributed by atoms with van der Waals surface area (Å²) >= 11 is 0. The summed E-state index contributed by atoms with van der Waals surface area (Å²) in [5, 5.41) is 7.89. The normalized spacial score (nSPS) is 15.4. The van der Waals surface area contributed by atoms with E-state index in [4.69, 9.17) is 9.97 Å². The zero-order valence-corrected chi connectivity index (χ0v) is 30.4. The lowest BCUT2D eigenvalue weighted by atomic mass is 9.92. The fourth-order valence-corrected chi connectivity index (χ4v) is 8.58. The first-order valence-electron chi connectivity index (χ1n) is 19.1. The molecule has 56 heavy (non-hydrogen) atoms. The minimum Gasteiger partial charge on any atom is -0.373 e. The van der Waals surface area contributed by atoms with E-state index >= 15 is 0 Å². The Morgan fingerprint density at radius 2 is 0.643 bits per heavy atom. The molecule has 0 amide bonds. The van der Waals surface area contributed by atoms with Crippen molar-refractivity contribution in [1.82, 2.24) is 19.9 Å². The Morgan fingerprint density at radius 1 is 0.321 bits per heavy atom. The number of H-pyrrole nitrogens is 2. The summed E-state index contributed by atoms with van der Waals surface area (Å²) in [6.07, 6.45) is 4.29. The van der Waals surface area contributed by atoms with Crippen molar-refractivity contribution in [3.05, 3.63) is 193 Å². The summed E-state index contributed by atoms with van der Waals surface area (Å²) in [6.45, 7) is 0. The van der Waals surface area contributed by atoms with E-state index in [0.29, 0.717) is 0 Å². The van der Waals surface area contributed by atoms with Crippen LogP contribution in [0.4, 0.5) is 11.4 Å².